The van der Waals surface area contributed by atoms with Gasteiger partial charge in [-0.15, -0.1) is 0 Å². The molecule has 0 fully saturated rings. The lowest BCUT2D eigenvalue weighted by atomic mass is 10.1. The molecule has 0 unspecified atom stereocenters. The molecular weight excluding hydrogens is 286 g/mol. The van der Waals surface area contributed by atoms with E-state index in [1.165, 1.54) is 11.8 Å². The number of amides is 1. The van der Waals surface area contributed by atoms with E-state index in [0.29, 0.717) is 16.4 Å². The molecule has 1 heterocycles. The second kappa shape index (κ2) is 6.90. The van der Waals surface area contributed by atoms with Gasteiger partial charge in [-0.05, 0) is 49.3 Å². The Morgan fingerprint density at radius 2 is 2.10 bits per heavy atom. The first-order valence-corrected chi connectivity index (χ1v) is 7.01. The van der Waals surface area contributed by atoms with Gasteiger partial charge < -0.3 is 9.73 Å². The smallest absolute Gasteiger partial charge is 0.273 e. The van der Waals surface area contributed by atoms with Gasteiger partial charge in [-0.1, -0.05) is 19.1 Å². The lowest BCUT2D eigenvalue weighted by Gasteiger charge is -2.12. The third kappa shape index (κ3) is 4.06. The molecule has 110 valence electrons. The van der Waals surface area contributed by atoms with Crippen LogP contribution in [0.1, 0.15) is 28.6 Å². The quantitative estimate of drug-likeness (QED) is 0.601. The average Bonchev–Trinajstić information content (AvgIpc) is 2.91. The number of aryl methyl sites for hydroxylation is 2. The Hall–Kier alpha value is -2.34. The van der Waals surface area contributed by atoms with Crippen molar-refractivity contribution in [2.75, 3.05) is 5.32 Å². The first kappa shape index (κ1) is 15.1. The minimum absolute atomic E-state index is 0.298. The number of thiocarbonyl (C=S) groups is 1. The summed E-state index contributed by atoms with van der Waals surface area (Å²) in [6.07, 6.45) is 2.42. The molecule has 0 saturated carbocycles. The van der Waals surface area contributed by atoms with Crippen molar-refractivity contribution in [3.05, 3.63) is 53.5 Å². The molecule has 0 saturated heterocycles. The van der Waals surface area contributed by atoms with Crippen LogP contribution in [0.25, 0.3) is 0 Å². The molecule has 21 heavy (non-hydrogen) atoms. The zero-order valence-electron chi connectivity index (χ0n) is 11.9. The summed E-state index contributed by atoms with van der Waals surface area (Å²) in [6.45, 7) is 3.81. The van der Waals surface area contributed by atoms with Gasteiger partial charge >= 0.3 is 0 Å². The molecule has 0 spiro atoms. The third-order valence-electron chi connectivity index (χ3n) is 2.99. The number of hydrogen-bond donors (Lipinski definition) is 3. The highest BCUT2D eigenvalue weighted by Gasteiger charge is 2.11. The van der Waals surface area contributed by atoms with Gasteiger partial charge in [-0.2, -0.15) is 0 Å². The van der Waals surface area contributed by atoms with Crippen LogP contribution < -0.4 is 16.2 Å². The molecular formula is C15H17N3O2S. The molecule has 2 rings (SSSR count). The first-order valence-electron chi connectivity index (χ1n) is 6.60. The van der Waals surface area contributed by atoms with Gasteiger partial charge in [0.15, 0.2) is 5.11 Å². The SMILES string of the molecule is CCc1cccc(NC(=S)NNC(=O)c2ccoc2C)c1. The van der Waals surface area contributed by atoms with Gasteiger partial charge in [0, 0.05) is 5.69 Å². The fourth-order valence-corrected chi connectivity index (χ4v) is 2.00. The maximum absolute atomic E-state index is 11.9. The van der Waals surface area contributed by atoms with Crippen LogP contribution >= 0.6 is 12.2 Å². The summed E-state index contributed by atoms with van der Waals surface area (Å²) in [4.78, 5) is 11.9. The van der Waals surface area contributed by atoms with Crippen molar-refractivity contribution < 1.29 is 9.21 Å². The van der Waals surface area contributed by atoms with Crippen molar-refractivity contribution in [1.82, 2.24) is 10.9 Å². The molecule has 0 atom stereocenters. The van der Waals surface area contributed by atoms with Crippen molar-refractivity contribution in [3.63, 3.8) is 0 Å². The predicted molar refractivity (Wildman–Crippen MR) is 86.1 cm³/mol. The Labute approximate surface area is 128 Å². The van der Waals surface area contributed by atoms with Gasteiger partial charge in [0.25, 0.3) is 5.91 Å². The summed E-state index contributed by atoms with van der Waals surface area (Å²) in [5.41, 5.74) is 7.74. The lowest BCUT2D eigenvalue weighted by Crippen LogP contribution is -2.43. The summed E-state index contributed by atoms with van der Waals surface area (Å²) in [5.74, 6) is 0.261. The maximum Gasteiger partial charge on any atom is 0.273 e. The van der Waals surface area contributed by atoms with Crippen LogP contribution in [-0.4, -0.2) is 11.0 Å². The number of carbonyl (C=O) groups excluding carboxylic acids is 1. The van der Waals surface area contributed by atoms with Crippen molar-refractivity contribution in [2.24, 2.45) is 0 Å². The number of benzene rings is 1. The fraction of sp³-hybridized carbons (Fsp3) is 0.200. The zero-order valence-corrected chi connectivity index (χ0v) is 12.7. The standard InChI is InChI=1S/C15H17N3O2S/c1-3-11-5-4-6-12(9-11)16-15(21)18-17-14(19)13-7-8-20-10(13)2/h4-9H,3H2,1-2H3,(H,17,19)(H2,16,18,21). The Morgan fingerprint density at radius 1 is 1.29 bits per heavy atom. The van der Waals surface area contributed by atoms with Gasteiger partial charge in [0.2, 0.25) is 0 Å². The number of furan rings is 1. The van der Waals surface area contributed by atoms with E-state index in [0.717, 1.165) is 12.1 Å². The Bertz CT molecular complexity index is 652. The van der Waals surface area contributed by atoms with Gasteiger partial charge in [-0.3, -0.25) is 15.6 Å². The van der Waals surface area contributed by atoms with Crippen LogP contribution in [0.4, 0.5) is 5.69 Å². The number of nitrogens with one attached hydrogen (secondary N) is 3. The van der Waals surface area contributed by atoms with E-state index in [2.05, 4.69) is 23.1 Å². The lowest BCUT2D eigenvalue weighted by molar-refractivity contribution is 0.0942. The fourth-order valence-electron chi connectivity index (χ4n) is 1.83. The number of hydrogen-bond acceptors (Lipinski definition) is 3. The van der Waals surface area contributed by atoms with Crippen molar-refractivity contribution in [3.8, 4) is 0 Å². The number of anilines is 1. The van der Waals surface area contributed by atoms with E-state index in [1.807, 2.05) is 24.3 Å². The first-order chi connectivity index (χ1) is 10.1. The largest absolute Gasteiger partial charge is 0.469 e. The molecule has 0 radical (unpaired) electrons. The monoisotopic (exact) mass is 303 g/mol. The van der Waals surface area contributed by atoms with Gasteiger partial charge in [0.1, 0.15) is 5.76 Å². The molecule has 0 aliphatic heterocycles. The second-order valence-electron chi connectivity index (χ2n) is 4.48. The van der Waals surface area contributed by atoms with Crippen LogP contribution in [-0.2, 0) is 6.42 Å². The topological polar surface area (TPSA) is 66.3 Å². The average molecular weight is 303 g/mol. The van der Waals surface area contributed by atoms with Gasteiger partial charge in [-0.25, -0.2) is 0 Å². The summed E-state index contributed by atoms with van der Waals surface area (Å²) in [5, 5.41) is 3.33. The Kier molecular flexibility index (Phi) is 4.94. The molecule has 3 N–H and O–H groups in total. The normalized spacial score (nSPS) is 10.0. The zero-order chi connectivity index (χ0) is 15.2. The molecule has 1 aromatic heterocycles. The van der Waals surface area contributed by atoms with Crippen LogP contribution in [0.2, 0.25) is 0 Å². The number of hydrazine groups is 1. The molecule has 6 heteroatoms. The molecule has 0 bridgehead atoms. The van der Waals surface area contributed by atoms with Crippen molar-refractivity contribution >= 4 is 28.9 Å². The minimum atomic E-state index is -0.298. The molecule has 5 nitrogen and oxygen atoms in total. The van der Waals surface area contributed by atoms with E-state index >= 15 is 0 Å². The summed E-state index contributed by atoms with van der Waals surface area (Å²) < 4.78 is 5.08. The van der Waals surface area contributed by atoms with E-state index in [1.54, 1.807) is 13.0 Å². The third-order valence-corrected chi connectivity index (χ3v) is 3.19. The highest BCUT2D eigenvalue weighted by atomic mass is 32.1. The van der Waals surface area contributed by atoms with E-state index < -0.39 is 0 Å². The summed E-state index contributed by atoms with van der Waals surface area (Å²) in [7, 11) is 0. The summed E-state index contributed by atoms with van der Waals surface area (Å²) >= 11 is 5.14. The Balaban J connectivity index is 1.87. The number of rotatable bonds is 3. The minimum Gasteiger partial charge on any atom is -0.469 e. The van der Waals surface area contributed by atoms with E-state index in [-0.39, 0.29) is 5.91 Å². The second-order valence-corrected chi connectivity index (χ2v) is 4.89. The maximum atomic E-state index is 11.9. The highest BCUT2D eigenvalue weighted by Crippen LogP contribution is 2.11. The number of carbonyl (C=O) groups is 1. The summed E-state index contributed by atoms with van der Waals surface area (Å²) in [6, 6.07) is 9.53. The van der Waals surface area contributed by atoms with Crippen LogP contribution in [0.15, 0.2) is 41.0 Å². The van der Waals surface area contributed by atoms with Gasteiger partial charge in [0.05, 0.1) is 11.8 Å². The molecule has 1 amide bonds. The molecule has 0 aliphatic rings. The highest BCUT2D eigenvalue weighted by molar-refractivity contribution is 7.80. The van der Waals surface area contributed by atoms with Crippen molar-refractivity contribution in [1.29, 1.82) is 0 Å². The van der Waals surface area contributed by atoms with Crippen LogP contribution in [0.5, 0.6) is 0 Å². The molecule has 0 aliphatic carbocycles. The van der Waals surface area contributed by atoms with Crippen LogP contribution in [0.3, 0.4) is 0 Å². The van der Waals surface area contributed by atoms with E-state index in [4.69, 9.17) is 16.6 Å². The van der Waals surface area contributed by atoms with Crippen LogP contribution in [0, 0.1) is 6.92 Å². The molecule has 1 aromatic carbocycles. The predicted octanol–water partition coefficient (Wildman–Crippen LogP) is 2.78. The Morgan fingerprint density at radius 3 is 2.76 bits per heavy atom. The molecule has 2 aromatic rings. The van der Waals surface area contributed by atoms with Crippen molar-refractivity contribution in [2.45, 2.75) is 20.3 Å². The van der Waals surface area contributed by atoms with E-state index in [9.17, 15) is 4.79 Å².